The van der Waals surface area contributed by atoms with E-state index in [1.807, 2.05) is 0 Å². The van der Waals surface area contributed by atoms with Crippen LogP contribution in [-0.2, 0) is 19.4 Å². The Morgan fingerprint density at radius 2 is 1.91 bits per heavy atom. The lowest BCUT2D eigenvalue weighted by atomic mass is 9.60. The number of rotatable bonds is 7. The highest BCUT2D eigenvalue weighted by molar-refractivity contribution is 7.92. The van der Waals surface area contributed by atoms with Crippen molar-refractivity contribution in [3.8, 4) is 0 Å². The molecule has 5 heteroatoms. The molecule has 0 amide bonds. The van der Waals surface area contributed by atoms with Crippen molar-refractivity contribution in [3.63, 3.8) is 0 Å². The number of fused-ring (bicyclic) bond motifs is 1. The van der Waals surface area contributed by atoms with Crippen LogP contribution in [0.25, 0.3) is 0 Å². The summed E-state index contributed by atoms with van der Waals surface area (Å²) in [6.45, 7) is 11.0. The Hall–Kier alpha value is -1.10. The second-order valence-corrected chi connectivity index (χ2v) is 14.6. The van der Waals surface area contributed by atoms with Crippen molar-refractivity contribution >= 4 is 15.8 Å². The second-order valence-electron chi connectivity index (χ2n) is 12.5. The highest BCUT2D eigenvalue weighted by Gasteiger charge is 2.51. The molecule has 34 heavy (non-hydrogen) atoms. The average molecular weight is 491 g/mol. The number of carbonyl (C=O) groups excluding carboxylic acids is 1. The molecule has 1 aliphatic heterocycles. The topological polar surface area (TPSA) is 60.4 Å². The summed E-state index contributed by atoms with van der Waals surface area (Å²) in [6.07, 6.45) is 14.0. The van der Waals surface area contributed by atoms with Crippen LogP contribution in [0.15, 0.2) is 22.8 Å². The maximum Gasteiger partial charge on any atom is 0.302 e. The van der Waals surface area contributed by atoms with Gasteiger partial charge < -0.3 is 4.74 Å². The number of allylic oxidation sites excluding steroid dienone is 1. The number of hydrogen-bond donors (Lipinski definition) is 0. The van der Waals surface area contributed by atoms with Crippen molar-refractivity contribution < 1.29 is 17.9 Å². The van der Waals surface area contributed by atoms with E-state index in [1.54, 1.807) is 0 Å². The van der Waals surface area contributed by atoms with Gasteiger partial charge in [-0.1, -0.05) is 64.2 Å². The molecule has 0 unspecified atom stereocenters. The Bertz CT molecular complexity index is 943. The van der Waals surface area contributed by atoms with Gasteiger partial charge in [0.15, 0.2) is 9.84 Å². The normalized spacial score (nSPS) is 37.1. The Labute approximate surface area is 207 Å². The van der Waals surface area contributed by atoms with E-state index in [0.717, 1.165) is 48.2 Å². The molecule has 2 saturated carbocycles. The monoisotopic (exact) mass is 490 g/mol. The molecule has 0 bridgehead atoms. The first-order chi connectivity index (χ1) is 16.0. The lowest BCUT2D eigenvalue weighted by Crippen LogP contribution is -2.36. The van der Waals surface area contributed by atoms with Gasteiger partial charge in [-0.2, -0.15) is 0 Å². The molecule has 1 heterocycles. The van der Waals surface area contributed by atoms with E-state index in [-0.39, 0.29) is 17.8 Å². The predicted octanol–water partition coefficient (Wildman–Crippen LogP) is 6.80. The quantitative estimate of drug-likeness (QED) is 0.291. The zero-order chi connectivity index (χ0) is 24.7. The van der Waals surface area contributed by atoms with Gasteiger partial charge in [-0.05, 0) is 79.6 Å². The highest BCUT2D eigenvalue weighted by atomic mass is 32.2. The molecule has 4 aliphatic rings. The maximum atomic E-state index is 13.3. The summed E-state index contributed by atoms with van der Waals surface area (Å²) in [7, 11) is -3.21. The number of ether oxygens (including phenoxy) is 1. The predicted molar refractivity (Wildman–Crippen MR) is 138 cm³/mol. The second kappa shape index (κ2) is 10.1. The van der Waals surface area contributed by atoms with Crippen LogP contribution in [0.5, 0.6) is 0 Å². The Morgan fingerprint density at radius 3 is 2.62 bits per heavy atom. The van der Waals surface area contributed by atoms with E-state index in [4.69, 9.17) is 4.74 Å². The summed E-state index contributed by atoms with van der Waals surface area (Å²) in [5.41, 5.74) is 3.83. The van der Waals surface area contributed by atoms with Gasteiger partial charge in [-0.3, -0.25) is 4.79 Å². The van der Waals surface area contributed by atoms with Gasteiger partial charge in [-0.15, -0.1) is 0 Å². The van der Waals surface area contributed by atoms with Crippen molar-refractivity contribution in [1.29, 1.82) is 0 Å². The lowest BCUT2D eigenvalue weighted by molar-refractivity contribution is -0.146. The third kappa shape index (κ3) is 5.20. The number of hydrogen-bond acceptors (Lipinski definition) is 4. The molecule has 192 valence electrons. The van der Waals surface area contributed by atoms with E-state index >= 15 is 0 Å². The Morgan fingerprint density at radius 1 is 1.15 bits per heavy atom. The van der Waals surface area contributed by atoms with Crippen molar-refractivity contribution in [1.82, 2.24) is 0 Å². The van der Waals surface area contributed by atoms with Crippen LogP contribution in [0.2, 0.25) is 0 Å². The zero-order valence-electron chi connectivity index (χ0n) is 22.1. The molecular weight excluding hydrogens is 444 g/mol. The van der Waals surface area contributed by atoms with Crippen LogP contribution >= 0.6 is 0 Å². The van der Waals surface area contributed by atoms with Gasteiger partial charge in [0.25, 0.3) is 0 Å². The first-order valence-electron chi connectivity index (χ1n) is 13.8. The fraction of sp³-hybridized carbons (Fsp3) is 0.828. The zero-order valence-corrected chi connectivity index (χ0v) is 22.9. The Balaban J connectivity index is 1.54. The highest BCUT2D eigenvalue weighted by Crippen LogP contribution is 2.60. The van der Waals surface area contributed by atoms with Crippen molar-refractivity contribution in [2.45, 2.75) is 117 Å². The summed E-state index contributed by atoms with van der Waals surface area (Å²) < 4.78 is 32.0. The molecule has 0 saturated heterocycles. The van der Waals surface area contributed by atoms with E-state index in [0.29, 0.717) is 17.8 Å². The molecule has 4 nitrogen and oxygen atoms in total. The largest absolute Gasteiger partial charge is 0.462 e. The molecule has 3 aliphatic carbocycles. The van der Waals surface area contributed by atoms with Crippen LogP contribution < -0.4 is 0 Å². The molecule has 0 radical (unpaired) electrons. The smallest absolute Gasteiger partial charge is 0.302 e. The van der Waals surface area contributed by atoms with Crippen LogP contribution in [0, 0.1) is 29.1 Å². The van der Waals surface area contributed by atoms with Crippen molar-refractivity contribution in [2.24, 2.45) is 29.1 Å². The van der Waals surface area contributed by atoms with Crippen LogP contribution in [0.1, 0.15) is 105 Å². The minimum atomic E-state index is -3.21. The molecule has 0 aromatic rings. The summed E-state index contributed by atoms with van der Waals surface area (Å²) in [5.74, 6) is 2.70. The van der Waals surface area contributed by atoms with Gasteiger partial charge in [0.05, 0.1) is 5.75 Å². The molecule has 0 spiro atoms. The summed E-state index contributed by atoms with van der Waals surface area (Å²) in [6, 6.07) is 0. The van der Waals surface area contributed by atoms with E-state index in [2.05, 4.69) is 33.8 Å². The lowest BCUT2D eigenvalue weighted by Gasteiger charge is -2.44. The first-order valence-corrected chi connectivity index (χ1v) is 15.5. The van der Waals surface area contributed by atoms with Gasteiger partial charge >= 0.3 is 5.97 Å². The average Bonchev–Trinajstić information content (AvgIpc) is 3.21. The van der Waals surface area contributed by atoms with Gasteiger partial charge in [0.2, 0.25) is 0 Å². The SMILES string of the molecule is CC(=O)O[C@H]1CCC2=C(C1)[C@@H](/C=C1\CCC[C@]3(C)[C@@H]([C@H](C)CCCC(C)C)CC[C@@H]13)S(=O)(=O)C2. The van der Waals surface area contributed by atoms with E-state index in [9.17, 15) is 13.2 Å². The summed E-state index contributed by atoms with van der Waals surface area (Å²) in [5, 5.41) is -0.499. The third-order valence-corrected chi connectivity index (χ3v) is 11.6. The molecule has 0 aromatic heterocycles. The summed E-state index contributed by atoms with van der Waals surface area (Å²) >= 11 is 0. The molecule has 0 aromatic carbocycles. The fourth-order valence-corrected chi connectivity index (χ4v) is 10.1. The standard InChI is InChI=1S/C29H46O4S/c1-19(2)8-6-9-20(3)26-13-14-27-22(10-7-15-29(26,27)5)16-28-25-17-24(33-21(4)30)12-11-23(25)18-34(28,31)32/h16,19-20,24,26-28H,6-15,17-18H2,1-5H3/b22-16+/t20-,24+,26-,27+,28-,29-/m1/s1. The van der Waals surface area contributed by atoms with E-state index in [1.165, 1.54) is 57.4 Å². The first kappa shape index (κ1) is 26.0. The number of carbonyl (C=O) groups is 1. The molecular formula is C29H46O4S. The molecule has 6 atom stereocenters. The minimum absolute atomic E-state index is 0.176. The third-order valence-electron chi connectivity index (χ3n) is 9.64. The maximum absolute atomic E-state index is 13.3. The van der Waals surface area contributed by atoms with Gasteiger partial charge in [0.1, 0.15) is 11.4 Å². The van der Waals surface area contributed by atoms with Gasteiger partial charge in [0, 0.05) is 13.3 Å². The number of esters is 1. The molecule has 2 fully saturated rings. The van der Waals surface area contributed by atoms with Crippen LogP contribution in [-0.4, -0.2) is 31.5 Å². The van der Waals surface area contributed by atoms with Crippen LogP contribution in [0.4, 0.5) is 0 Å². The van der Waals surface area contributed by atoms with Crippen molar-refractivity contribution in [3.05, 3.63) is 22.8 Å². The molecule has 0 N–H and O–H groups in total. The Kier molecular flexibility index (Phi) is 7.72. The van der Waals surface area contributed by atoms with Crippen LogP contribution in [0.3, 0.4) is 0 Å². The number of sulfone groups is 1. The van der Waals surface area contributed by atoms with Gasteiger partial charge in [-0.25, -0.2) is 8.42 Å². The minimum Gasteiger partial charge on any atom is -0.462 e. The molecule has 4 rings (SSSR count). The summed E-state index contributed by atoms with van der Waals surface area (Å²) in [4.78, 5) is 11.5. The fourth-order valence-electron chi connectivity index (χ4n) is 8.02. The van der Waals surface area contributed by atoms with E-state index < -0.39 is 15.1 Å². The van der Waals surface area contributed by atoms with Crippen molar-refractivity contribution in [2.75, 3.05) is 5.75 Å².